The molecule has 0 aliphatic carbocycles. The van der Waals surface area contributed by atoms with Crippen LogP contribution >= 0.6 is 11.8 Å². The van der Waals surface area contributed by atoms with Gasteiger partial charge >= 0.3 is 0 Å². The van der Waals surface area contributed by atoms with Crippen LogP contribution in [0, 0.1) is 0 Å². The largest absolute Gasteiger partial charge is 0.272 e. The third kappa shape index (κ3) is 5.76. The summed E-state index contributed by atoms with van der Waals surface area (Å²) < 4.78 is 0. The fourth-order valence-corrected chi connectivity index (χ4v) is 0.547. The molecule has 0 radical (unpaired) electrons. The van der Waals surface area contributed by atoms with Gasteiger partial charge in [-0.25, -0.2) is 0 Å². The molecule has 1 nitrogen and oxygen atoms in total. The van der Waals surface area contributed by atoms with Crippen molar-refractivity contribution in [3.8, 4) is 0 Å². The fraction of sp³-hybridized carbons (Fsp3) is 0.400. The first-order valence-electron chi connectivity index (χ1n) is 2.14. The summed E-state index contributed by atoms with van der Waals surface area (Å²) in [6.07, 6.45) is 1.69. The normalized spacial score (nSPS) is 9.86. The molecule has 0 saturated carbocycles. The lowest BCUT2D eigenvalue weighted by Gasteiger charge is -1.77. The van der Waals surface area contributed by atoms with Gasteiger partial charge in [0, 0.05) is 6.20 Å². The maximum absolute atomic E-state index is 3.52. The van der Waals surface area contributed by atoms with E-state index in [0.29, 0.717) is 0 Å². The smallest absolute Gasteiger partial charge is 0.0323 e. The van der Waals surface area contributed by atoms with Crippen molar-refractivity contribution in [3.05, 3.63) is 11.6 Å². The Balaban J connectivity index is 2.92. The predicted octanol–water partition coefficient (Wildman–Crippen LogP) is 1.91. The van der Waals surface area contributed by atoms with Crippen molar-refractivity contribution in [1.82, 2.24) is 0 Å². The van der Waals surface area contributed by atoms with Crippen LogP contribution in [-0.4, -0.2) is 12.5 Å². The first-order chi connectivity index (χ1) is 3.41. The van der Waals surface area contributed by atoms with Gasteiger partial charge in [0.05, 0.1) is 0 Å². The van der Waals surface area contributed by atoms with Gasteiger partial charge in [0.25, 0.3) is 0 Å². The van der Waals surface area contributed by atoms with E-state index in [4.69, 9.17) is 0 Å². The molecule has 0 aromatic heterocycles. The highest BCUT2D eigenvalue weighted by Gasteiger charge is 1.66. The summed E-state index contributed by atoms with van der Waals surface area (Å²) in [4.78, 5) is 3.52. The minimum atomic E-state index is 1.10. The maximum Gasteiger partial charge on any atom is 0.0323 e. The molecule has 0 bridgehead atoms. The number of nitrogens with zero attached hydrogens (tertiary/aromatic N) is 1. The standard InChI is InChI=1S/C5H9NS/c1-3-7-5-4-6-2/h4-5H,2-3H2,1H3. The van der Waals surface area contributed by atoms with Gasteiger partial charge in [-0.2, -0.15) is 0 Å². The highest BCUT2D eigenvalue weighted by atomic mass is 32.2. The highest BCUT2D eigenvalue weighted by Crippen LogP contribution is 1.98. The Morgan fingerprint density at radius 2 is 2.57 bits per heavy atom. The topological polar surface area (TPSA) is 12.4 Å². The van der Waals surface area contributed by atoms with E-state index in [1.807, 2.05) is 5.41 Å². The van der Waals surface area contributed by atoms with Crippen LogP contribution in [0.4, 0.5) is 0 Å². The van der Waals surface area contributed by atoms with Gasteiger partial charge in [-0.3, -0.25) is 4.99 Å². The lowest BCUT2D eigenvalue weighted by atomic mass is 11.0. The summed E-state index contributed by atoms with van der Waals surface area (Å²) in [5.74, 6) is 1.10. The third-order valence-electron chi connectivity index (χ3n) is 0.429. The summed E-state index contributed by atoms with van der Waals surface area (Å²) >= 11 is 1.72. The molecule has 40 valence electrons. The van der Waals surface area contributed by atoms with Gasteiger partial charge in [-0.1, -0.05) is 6.92 Å². The molecule has 0 aliphatic rings. The molecule has 0 amide bonds. The molecule has 0 heterocycles. The molecule has 2 heteroatoms. The molecule has 0 N–H and O–H groups in total. The lowest BCUT2D eigenvalue weighted by Crippen LogP contribution is -1.54. The van der Waals surface area contributed by atoms with Crippen molar-refractivity contribution in [2.24, 2.45) is 4.99 Å². The van der Waals surface area contributed by atoms with Crippen molar-refractivity contribution < 1.29 is 0 Å². The van der Waals surface area contributed by atoms with Crippen LogP contribution < -0.4 is 0 Å². The average Bonchev–Trinajstić information content (AvgIpc) is 1.69. The zero-order valence-electron chi connectivity index (χ0n) is 4.42. The minimum Gasteiger partial charge on any atom is -0.272 e. The molecule has 0 aromatic rings. The molecular weight excluding hydrogens is 106 g/mol. The summed E-state index contributed by atoms with van der Waals surface area (Å²) in [6.45, 7) is 5.38. The number of thioether (sulfide) groups is 1. The van der Waals surface area contributed by atoms with Crippen LogP contribution in [-0.2, 0) is 0 Å². The molecule has 0 fully saturated rings. The Morgan fingerprint density at radius 3 is 3.00 bits per heavy atom. The first kappa shape index (κ1) is 6.76. The third-order valence-corrected chi connectivity index (χ3v) is 1.08. The van der Waals surface area contributed by atoms with Crippen LogP contribution in [0.15, 0.2) is 16.6 Å². The SMILES string of the molecule is C=NC=CSCC. The molecule has 0 saturated heterocycles. The fourth-order valence-electron chi connectivity index (χ4n) is 0.182. The Hall–Kier alpha value is -0.240. The summed E-state index contributed by atoms with van der Waals surface area (Å²) in [6, 6.07) is 0. The Kier molecular flexibility index (Phi) is 5.56. The monoisotopic (exact) mass is 115 g/mol. The van der Waals surface area contributed by atoms with Gasteiger partial charge in [-0.05, 0) is 17.9 Å². The van der Waals surface area contributed by atoms with Crippen LogP contribution in [0.1, 0.15) is 6.92 Å². The molecule has 0 rings (SSSR count). The van der Waals surface area contributed by atoms with E-state index in [-0.39, 0.29) is 0 Å². The van der Waals surface area contributed by atoms with Gasteiger partial charge in [0.2, 0.25) is 0 Å². The first-order valence-corrected chi connectivity index (χ1v) is 3.19. The van der Waals surface area contributed by atoms with Crippen molar-refractivity contribution in [3.63, 3.8) is 0 Å². The van der Waals surface area contributed by atoms with Crippen LogP contribution in [0.5, 0.6) is 0 Å². The van der Waals surface area contributed by atoms with Crippen molar-refractivity contribution in [2.45, 2.75) is 6.92 Å². The van der Waals surface area contributed by atoms with Gasteiger partial charge in [0.15, 0.2) is 0 Å². The number of aliphatic imine (C=N–C) groups is 1. The van der Waals surface area contributed by atoms with E-state index in [9.17, 15) is 0 Å². The summed E-state index contributed by atoms with van der Waals surface area (Å²) in [7, 11) is 0. The average molecular weight is 115 g/mol. The minimum absolute atomic E-state index is 1.10. The number of hydrogen-bond acceptors (Lipinski definition) is 2. The lowest BCUT2D eigenvalue weighted by molar-refractivity contribution is 1.53. The van der Waals surface area contributed by atoms with E-state index in [1.165, 1.54) is 0 Å². The van der Waals surface area contributed by atoms with Crippen molar-refractivity contribution in [1.29, 1.82) is 0 Å². The van der Waals surface area contributed by atoms with E-state index in [2.05, 4.69) is 18.6 Å². The van der Waals surface area contributed by atoms with E-state index in [1.54, 1.807) is 18.0 Å². The second-order valence-corrected chi connectivity index (χ2v) is 2.11. The highest BCUT2D eigenvalue weighted by molar-refractivity contribution is 8.02. The molecule has 0 spiro atoms. The van der Waals surface area contributed by atoms with E-state index < -0.39 is 0 Å². The predicted molar refractivity (Wildman–Crippen MR) is 36.8 cm³/mol. The molecule has 0 atom stereocenters. The number of rotatable bonds is 3. The van der Waals surface area contributed by atoms with E-state index in [0.717, 1.165) is 5.75 Å². The van der Waals surface area contributed by atoms with Crippen LogP contribution in [0.25, 0.3) is 0 Å². The van der Waals surface area contributed by atoms with Crippen molar-refractivity contribution >= 4 is 18.5 Å². The van der Waals surface area contributed by atoms with E-state index >= 15 is 0 Å². The molecular formula is C5H9NS. The zero-order valence-corrected chi connectivity index (χ0v) is 5.24. The molecule has 0 aromatic carbocycles. The summed E-state index contributed by atoms with van der Waals surface area (Å²) in [5, 5.41) is 1.92. The van der Waals surface area contributed by atoms with Crippen LogP contribution in [0.3, 0.4) is 0 Å². The molecule has 0 unspecified atom stereocenters. The Bertz CT molecular complexity index is 68.5. The quantitative estimate of drug-likeness (QED) is 0.512. The molecule has 7 heavy (non-hydrogen) atoms. The van der Waals surface area contributed by atoms with Gasteiger partial charge in [0.1, 0.15) is 0 Å². The molecule has 0 aliphatic heterocycles. The summed E-state index contributed by atoms with van der Waals surface area (Å²) in [5.41, 5.74) is 0. The zero-order chi connectivity index (χ0) is 5.54. The number of hydrogen-bond donors (Lipinski definition) is 0. The Labute approximate surface area is 48.5 Å². The van der Waals surface area contributed by atoms with Crippen LogP contribution in [0.2, 0.25) is 0 Å². The second kappa shape index (κ2) is 5.76. The van der Waals surface area contributed by atoms with Crippen molar-refractivity contribution in [2.75, 3.05) is 5.75 Å². The Morgan fingerprint density at radius 1 is 1.86 bits per heavy atom. The maximum atomic E-state index is 3.52. The van der Waals surface area contributed by atoms with Gasteiger partial charge < -0.3 is 0 Å². The van der Waals surface area contributed by atoms with Gasteiger partial charge in [-0.15, -0.1) is 11.8 Å². The second-order valence-electron chi connectivity index (χ2n) is 0.923.